The standard InChI is InChI=1S/C24H36Cl3NO3Si/c1-4-32(5-2,6-3)31-19-15-10-8-7-9-14-18-28(20-22-16-12-11-13-17-22)23(29)30-21-24(25,26)27/h8,11-13,15-17H,4-7,9,14,18-21H2,1-3H3. The lowest BCUT2D eigenvalue weighted by Gasteiger charge is -2.26. The van der Waals surface area contributed by atoms with Crippen LogP contribution in [-0.4, -0.2) is 42.9 Å². The molecule has 0 N–H and O–H groups in total. The molecule has 4 nitrogen and oxygen atoms in total. The number of alkyl halides is 3. The maximum Gasteiger partial charge on any atom is 0.410 e. The Morgan fingerprint density at radius 2 is 1.72 bits per heavy atom. The second-order valence-electron chi connectivity index (χ2n) is 7.70. The maximum absolute atomic E-state index is 12.5. The van der Waals surface area contributed by atoms with E-state index in [0.29, 0.717) is 19.7 Å². The predicted molar refractivity (Wildman–Crippen MR) is 138 cm³/mol. The van der Waals surface area contributed by atoms with Crippen LogP contribution in [-0.2, 0) is 15.7 Å². The van der Waals surface area contributed by atoms with Gasteiger partial charge in [-0.15, -0.1) is 5.73 Å². The minimum Gasteiger partial charge on any atom is -0.445 e. The summed E-state index contributed by atoms with van der Waals surface area (Å²) in [6.45, 7) is 8.05. The van der Waals surface area contributed by atoms with E-state index in [-0.39, 0.29) is 6.61 Å². The fourth-order valence-electron chi connectivity index (χ4n) is 3.31. The van der Waals surface area contributed by atoms with E-state index in [1.165, 1.54) is 0 Å². The van der Waals surface area contributed by atoms with Gasteiger partial charge in [-0.2, -0.15) is 0 Å². The van der Waals surface area contributed by atoms with Crippen molar-refractivity contribution in [2.24, 2.45) is 0 Å². The van der Waals surface area contributed by atoms with Gasteiger partial charge in [-0.05, 0) is 55.1 Å². The zero-order valence-electron chi connectivity index (χ0n) is 19.4. The molecular formula is C24H36Cl3NO3Si. The summed E-state index contributed by atoms with van der Waals surface area (Å²) >= 11 is 17.1. The Balaban J connectivity index is 2.47. The third-order valence-corrected chi connectivity index (χ3v) is 10.5. The molecule has 0 heterocycles. The molecule has 0 bridgehead atoms. The molecule has 0 atom stereocenters. The molecule has 0 saturated carbocycles. The Hall–Kier alpha value is -0.943. The van der Waals surface area contributed by atoms with Crippen LogP contribution >= 0.6 is 34.8 Å². The van der Waals surface area contributed by atoms with Crippen molar-refractivity contribution in [2.75, 3.05) is 19.8 Å². The quantitative estimate of drug-likeness (QED) is 0.108. The summed E-state index contributed by atoms with van der Waals surface area (Å²) in [6, 6.07) is 13.2. The highest BCUT2D eigenvalue weighted by atomic mass is 35.6. The van der Waals surface area contributed by atoms with Gasteiger partial charge in [0, 0.05) is 13.1 Å². The molecule has 0 radical (unpaired) electrons. The molecule has 0 aromatic heterocycles. The van der Waals surface area contributed by atoms with Crippen molar-refractivity contribution < 1.29 is 14.0 Å². The van der Waals surface area contributed by atoms with E-state index in [2.05, 4.69) is 26.5 Å². The summed E-state index contributed by atoms with van der Waals surface area (Å²) in [7, 11) is -1.53. The van der Waals surface area contributed by atoms with Gasteiger partial charge in [-0.25, -0.2) is 4.79 Å². The van der Waals surface area contributed by atoms with Crippen LogP contribution in [0, 0.1) is 0 Å². The number of halogens is 3. The minimum absolute atomic E-state index is 0.282. The van der Waals surface area contributed by atoms with Crippen LogP contribution in [0.4, 0.5) is 4.79 Å². The van der Waals surface area contributed by atoms with Crippen molar-refractivity contribution in [3.8, 4) is 0 Å². The molecule has 1 rings (SSSR count). The SMILES string of the molecule is CC[Si](CC)(CC)OCC=C=CCCCCN(Cc1ccccc1)C(=O)OCC(Cl)(Cl)Cl. The van der Waals surface area contributed by atoms with Crippen molar-refractivity contribution in [3.63, 3.8) is 0 Å². The van der Waals surface area contributed by atoms with E-state index in [1.807, 2.05) is 42.5 Å². The Morgan fingerprint density at radius 1 is 1.06 bits per heavy atom. The maximum atomic E-state index is 12.5. The van der Waals surface area contributed by atoms with Crippen molar-refractivity contribution >= 4 is 49.2 Å². The molecule has 0 aliphatic carbocycles. The summed E-state index contributed by atoms with van der Waals surface area (Å²) < 4.78 is 9.73. The Labute approximate surface area is 209 Å². The zero-order chi connectivity index (χ0) is 23.9. The van der Waals surface area contributed by atoms with Gasteiger partial charge in [0.15, 0.2) is 8.32 Å². The number of ether oxygens (including phenoxy) is 1. The lowest BCUT2D eigenvalue weighted by Crippen LogP contribution is -2.35. The lowest BCUT2D eigenvalue weighted by atomic mass is 10.2. The predicted octanol–water partition coefficient (Wildman–Crippen LogP) is 7.90. The first-order valence-electron chi connectivity index (χ1n) is 11.3. The molecule has 0 unspecified atom stereocenters. The van der Waals surface area contributed by atoms with E-state index in [1.54, 1.807) is 4.90 Å². The van der Waals surface area contributed by atoms with Crippen LogP contribution in [0.25, 0.3) is 0 Å². The van der Waals surface area contributed by atoms with Gasteiger partial charge in [-0.3, -0.25) is 0 Å². The average Bonchev–Trinajstić information content (AvgIpc) is 2.78. The second kappa shape index (κ2) is 15.8. The summed E-state index contributed by atoms with van der Waals surface area (Å²) in [5.74, 6) is 0. The number of carbonyl (C=O) groups is 1. The summed E-state index contributed by atoms with van der Waals surface area (Å²) in [5.41, 5.74) is 4.24. The van der Waals surface area contributed by atoms with E-state index < -0.39 is 18.2 Å². The van der Waals surface area contributed by atoms with E-state index in [9.17, 15) is 4.79 Å². The molecule has 32 heavy (non-hydrogen) atoms. The van der Waals surface area contributed by atoms with Gasteiger partial charge in [0.05, 0.1) is 6.61 Å². The molecule has 1 aromatic carbocycles. The summed E-state index contributed by atoms with van der Waals surface area (Å²) in [5, 5.41) is 0. The van der Waals surface area contributed by atoms with E-state index >= 15 is 0 Å². The molecule has 8 heteroatoms. The number of benzene rings is 1. The van der Waals surface area contributed by atoms with Crippen LogP contribution in [0.15, 0.2) is 48.2 Å². The zero-order valence-corrected chi connectivity index (χ0v) is 22.7. The number of unbranched alkanes of at least 4 members (excludes halogenated alkanes) is 2. The monoisotopic (exact) mass is 519 g/mol. The normalized spacial score (nSPS) is 11.6. The highest BCUT2D eigenvalue weighted by molar-refractivity contribution is 6.73. The molecular weight excluding hydrogens is 485 g/mol. The largest absolute Gasteiger partial charge is 0.445 e. The number of hydrogen-bond donors (Lipinski definition) is 0. The van der Waals surface area contributed by atoms with Gasteiger partial charge in [0.25, 0.3) is 0 Å². The van der Waals surface area contributed by atoms with Gasteiger partial charge >= 0.3 is 6.09 Å². The topological polar surface area (TPSA) is 38.8 Å². The molecule has 180 valence electrons. The number of hydrogen-bond acceptors (Lipinski definition) is 3. The highest BCUT2D eigenvalue weighted by Gasteiger charge is 2.28. The van der Waals surface area contributed by atoms with Crippen LogP contribution in [0.3, 0.4) is 0 Å². The fourth-order valence-corrected chi connectivity index (χ4v) is 6.02. The molecule has 0 saturated heterocycles. The smallest absolute Gasteiger partial charge is 0.410 e. The number of nitrogens with zero attached hydrogens (tertiary/aromatic N) is 1. The van der Waals surface area contributed by atoms with Crippen LogP contribution in [0.2, 0.25) is 18.1 Å². The Morgan fingerprint density at radius 3 is 2.31 bits per heavy atom. The van der Waals surface area contributed by atoms with Crippen LogP contribution in [0.5, 0.6) is 0 Å². The highest BCUT2D eigenvalue weighted by Crippen LogP contribution is 2.26. The van der Waals surface area contributed by atoms with Crippen LogP contribution < -0.4 is 0 Å². The molecule has 1 aromatic rings. The van der Waals surface area contributed by atoms with Gasteiger partial charge in [0.2, 0.25) is 3.79 Å². The minimum atomic E-state index is -1.62. The van der Waals surface area contributed by atoms with Gasteiger partial charge < -0.3 is 14.1 Å². The molecule has 0 aliphatic heterocycles. The molecule has 0 spiro atoms. The van der Waals surface area contributed by atoms with Gasteiger partial charge in [0.1, 0.15) is 6.61 Å². The molecule has 0 fully saturated rings. The molecule has 1 amide bonds. The Bertz CT molecular complexity index is 707. The summed E-state index contributed by atoms with van der Waals surface area (Å²) in [6.07, 6.45) is 6.17. The fraction of sp³-hybridized carbons (Fsp3) is 0.583. The second-order valence-corrected chi connectivity index (χ2v) is 15.0. The third kappa shape index (κ3) is 12.3. The van der Waals surface area contributed by atoms with E-state index in [0.717, 1.165) is 43.0 Å². The average molecular weight is 521 g/mol. The third-order valence-electron chi connectivity index (χ3n) is 5.50. The number of amides is 1. The van der Waals surface area contributed by atoms with Crippen molar-refractivity contribution in [3.05, 3.63) is 53.8 Å². The lowest BCUT2D eigenvalue weighted by molar-refractivity contribution is 0.101. The molecule has 0 aliphatic rings. The van der Waals surface area contributed by atoms with E-state index in [4.69, 9.17) is 44.0 Å². The first-order valence-corrected chi connectivity index (χ1v) is 15.0. The summed E-state index contributed by atoms with van der Waals surface area (Å²) in [4.78, 5) is 14.1. The first kappa shape index (κ1) is 29.1. The van der Waals surface area contributed by atoms with Crippen molar-refractivity contribution in [2.45, 2.75) is 68.5 Å². The number of rotatable bonds is 14. The van der Waals surface area contributed by atoms with Gasteiger partial charge in [-0.1, -0.05) is 85.9 Å². The Kier molecular flexibility index (Phi) is 14.4. The number of carbonyl (C=O) groups excluding carboxylic acids is 1. The van der Waals surface area contributed by atoms with Crippen molar-refractivity contribution in [1.82, 2.24) is 4.90 Å². The first-order chi connectivity index (χ1) is 15.2. The van der Waals surface area contributed by atoms with Crippen molar-refractivity contribution in [1.29, 1.82) is 0 Å². The van der Waals surface area contributed by atoms with Crippen LogP contribution in [0.1, 0.15) is 45.6 Å².